The Kier molecular flexibility index (Phi) is 4.57. The number of piperidine rings is 1. The van der Waals surface area contributed by atoms with E-state index in [1.807, 2.05) is 0 Å². The van der Waals surface area contributed by atoms with Crippen LogP contribution in [-0.4, -0.2) is 39.2 Å². The molecule has 1 amide bonds. The van der Waals surface area contributed by atoms with Gasteiger partial charge in [-0.2, -0.15) is 5.10 Å². The number of nitrogens with one attached hydrogen (secondary N) is 2. The zero-order chi connectivity index (χ0) is 17.1. The summed E-state index contributed by atoms with van der Waals surface area (Å²) in [7, 11) is 0. The molecular weight excluding hydrogens is 310 g/mol. The van der Waals surface area contributed by atoms with Crippen molar-refractivity contribution < 1.29 is 9.72 Å². The number of amides is 1. The molecule has 8 nitrogen and oxygen atoms in total. The Morgan fingerprint density at radius 3 is 2.79 bits per heavy atom. The van der Waals surface area contributed by atoms with Crippen molar-refractivity contribution in [2.75, 3.05) is 6.54 Å². The number of rotatable bonds is 4. The van der Waals surface area contributed by atoms with Gasteiger partial charge in [0.2, 0.25) is 0 Å². The van der Waals surface area contributed by atoms with Crippen molar-refractivity contribution in [1.29, 1.82) is 0 Å². The van der Waals surface area contributed by atoms with Gasteiger partial charge in [-0.05, 0) is 44.5 Å². The van der Waals surface area contributed by atoms with Crippen LogP contribution in [0.1, 0.15) is 30.3 Å². The second-order valence-electron chi connectivity index (χ2n) is 5.88. The smallest absolute Gasteiger partial charge is 0.272 e. The fourth-order valence-electron chi connectivity index (χ4n) is 2.80. The summed E-state index contributed by atoms with van der Waals surface area (Å²) in [5.74, 6) is -0.212. The van der Waals surface area contributed by atoms with E-state index in [2.05, 4.69) is 22.7 Å². The predicted octanol–water partition coefficient (Wildman–Crippen LogP) is 1.65. The van der Waals surface area contributed by atoms with Crippen molar-refractivity contribution in [2.45, 2.75) is 31.8 Å². The van der Waals surface area contributed by atoms with Gasteiger partial charge < -0.3 is 10.6 Å². The van der Waals surface area contributed by atoms with Crippen molar-refractivity contribution in [1.82, 2.24) is 20.4 Å². The molecule has 2 N–H and O–H groups in total. The van der Waals surface area contributed by atoms with Gasteiger partial charge in [0, 0.05) is 30.4 Å². The first-order chi connectivity index (χ1) is 11.5. The van der Waals surface area contributed by atoms with Crippen LogP contribution in [0.4, 0.5) is 5.69 Å². The highest BCUT2D eigenvalue weighted by Gasteiger charge is 2.23. The standard InChI is InChI=1S/C16H19N5O3/c1-11-14(3-2-9-17-11)18-16(22)15-8-10-20(19-15)12-4-6-13(7-5-12)21(23)24/h4-8,10-11,14,17H,2-3,9H2,1H3,(H,18,22). The van der Waals surface area contributed by atoms with Crippen LogP contribution in [0, 0.1) is 10.1 Å². The maximum absolute atomic E-state index is 12.3. The quantitative estimate of drug-likeness (QED) is 0.656. The van der Waals surface area contributed by atoms with E-state index in [0.29, 0.717) is 11.4 Å². The van der Waals surface area contributed by atoms with Crippen molar-refractivity contribution in [2.24, 2.45) is 0 Å². The molecule has 0 bridgehead atoms. The summed E-state index contributed by atoms with van der Waals surface area (Å²) >= 11 is 0. The number of hydrogen-bond acceptors (Lipinski definition) is 5. The fraction of sp³-hybridized carbons (Fsp3) is 0.375. The van der Waals surface area contributed by atoms with Crippen LogP contribution in [0.3, 0.4) is 0 Å². The zero-order valence-electron chi connectivity index (χ0n) is 13.3. The third-order valence-electron chi connectivity index (χ3n) is 4.23. The molecule has 3 rings (SSSR count). The third-order valence-corrected chi connectivity index (χ3v) is 4.23. The molecule has 1 fully saturated rings. The molecule has 1 aliphatic rings. The van der Waals surface area contributed by atoms with Crippen LogP contribution < -0.4 is 10.6 Å². The van der Waals surface area contributed by atoms with Gasteiger partial charge in [-0.1, -0.05) is 0 Å². The van der Waals surface area contributed by atoms with Crippen LogP contribution in [0.2, 0.25) is 0 Å². The number of non-ortho nitro benzene ring substituents is 1. The Labute approximate surface area is 139 Å². The van der Waals surface area contributed by atoms with Gasteiger partial charge >= 0.3 is 0 Å². The summed E-state index contributed by atoms with van der Waals surface area (Å²) in [6.45, 7) is 3.03. The molecule has 1 aromatic heterocycles. The maximum atomic E-state index is 12.3. The third kappa shape index (κ3) is 3.43. The zero-order valence-corrected chi connectivity index (χ0v) is 13.3. The maximum Gasteiger partial charge on any atom is 0.272 e. The van der Waals surface area contributed by atoms with Gasteiger partial charge in [-0.15, -0.1) is 0 Å². The summed E-state index contributed by atoms with van der Waals surface area (Å²) in [6.07, 6.45) is 3.65. The molecule has 0 spiro atoms. The predicted molar refractivity (Wildman–Crippen MR) is 88.2 cm³/mol. The second kappa shape index (κ2) is 6.79. The first-order valence-electron chi connectivity index (χ1n) is 7.89. The van der Waals surface area contributed by atoms with Gasteiger partial charge in [-0.3, -0.25) is 14.9 Å². The summed E-state index contributed by atoms with van der Waals surface area (Å²) < 4.78 is 1.53. The lowest BCUT2D eigenvalue weighted by molar-refractivity contribution is -0.384. The summed E-state index contributed by atoms with van der Waals surface area (Å²) in [4.78, 5) is 22.6. The van der Waals surface area contributed by atoms with Crippen molar-refractivity contribution in [3.63, 3.8) is 0 Å². The van der Waals surface area contributed by atoms with Crippen molar-refractivity contribution >= 4 is 11.6 Å². The highest BCUT2D eigenvalue weighted by Crippen LogP contribution is 2.15. The van der Waals surface area contributed by atoms with E-state index in [4.69, 9.17) is 0 Å². The lowest BCUT2D eigenvalue weighted by Crippen LogP contribution is -2.52. The molecule has 24 heavy (non-hydrogen) atoms. The highest BCUT2D eigenvalue weighted by atomic mass is 16.6. The van der Waals surface area contributed by atoms with E-state index in [1.54, 1.807) is 24.4 Å². The minimum Gasteiger partial charge on any atom is -0.346 e. The number of carbonyl (C=O) groups is 1. The van der Waals surface area contributed by atoms with Crippen molar-refractivity contribution in [3.05, 3.63) is 52.3 Å². The van der Waals surface area contributed by atoms with Gasteiger partial charge in [0.1, 0.15) is 0 Å². The Hall–Kier alpha value is -2.74. The molecule has 8 heteroatoms. The molecule has 2 atom stereocenters. The number of hydrogen-bond donors (Lipinski definition) is 2. The van der Waals surface area contributed by atoms with E-state index >= 15 is 0 Å². The number of nitro benzene ring substituents is 1. The molecule has 0 saturated carbocycles. The Morgan fingerprint density at radius 1 is 1.38 bits per heavy atom. The van der Waals surface area contributed by atoms with Gasteiger partial charge in [0.05, 0.1) is 10.6 Å². The SMILES string of the molecule is CC1NCCCC1NC(=O)c1ccn(-c2ccc([N+](=O)[O-])cc2)n1. The summed E-state index contributed by atoms with van der Waals surface area (Å²) in [6, 6.07) is 7.98. The topological polar surface area (TPSA) is 102 Å². The number of aromatic nitrogens is 2. The molecule has 2 unspecified atom stereocenters. The number of benzene rings is 1. The minimum absolute atomic E-state index is 0.0164. The Bertz CT molecular complexity index is 740. The monoisotopic (exact) mass is 329 g/mol. The van der Waals surface area contributed by atoms with Crippen molar-refractivity contribution in [3.8, 4) is 5.69 Å². The van der Waals surface area contributed by atoms with Gasteiger partial charge in [0.25, 0.3) is 11.6 Å². The Morgan fingerprint density at radius 2 is 2.12 bits per heavy atom. The summed E-state index contributed by atoms with van der Waals surface area (Å²) in [5.41, 5.74) is 1.00. The lowest BCUT2D eigenvalue weighted by atomic mass is 10.00. The molecule has 1 aliphatic heterocycles. The minimum atomic E-state index is -0.453. The van der Waals surface area contributed by atoms with E-state index in [9.17, 15) is 14.9 Å². The first kappa shape index (κ1) is 16.1. The average molecular weight is 329 g/mol. The van der Waals surface area contributed by atoms with E-state index < -0.39 is 4.92 Å². The molecular formula is C16H19N5O3. The van der Waals surface area contributed by atoms with Gasteiger partial charge in [0.15, 0.2) is 5.69 Å². The number of nitro groups is 1. The second-order valence-corrected chi connectivity index (χ2v) is 5.88. The van der Waals surface area contributed by atoms with E-state index in [1.165, 1.54) is 16.8 Å². The van der Waals surface area contributed by atoms with Crippen LogP contribution in [0.15, 0.2) is 36.5 Å². The average Bonchev–Trinajstić information content (AvgIpc) is 3.07. The fourth-order valence-corrected chi connectivity index (χ4v) is 2.80. The largest absolute Gasteiger partial charge is 0.346 e. The van der Waals surface area contributed by atoms with Gasteiger partial charge in [-0.25, -0.2) is 4.68 Å². The molecule has 1 aromatic carbocycles. The number of carbonyl (C=O) groups excluding carboxylic acids is 1. The molecule has 0 radical (unpaired) electrons. The van der Waals surface area contributed by atoms with E-state index in [-0.39, 0.29) is 23.7 Å². The van der Waals surface area contributed by atoms with Crippen LogP contribution in [0.5, 0.6) is 0 Å². The Balaban J connectivity index is 1.70. The first-order valence-corrected chi connectivity index (χ1v) is 7.89. The lowest BCUT2D eigenvalue weighted by Gasteiger charge is -2.30. The molecule has 2 aromatic rings. The molecule has 2 heterocycles. The number of nitrogens with zero attached hydrogens (tertiary/aromatic N) is 3. The van der Waals surface area contributed by atoms with Crippen LogP contribution >= 0.6 is 0 Å². The van der Waals surface area contributed by atoms with Crippen LogP contribution in [-0.2, 0) is 0 Å². The molecule has 126 valence electrons. The summed E-state index contributed by atoms with van der Waals surface area (Å²) in [5, 5.41) is 21.3. The molecule has 0 aliphatic carbocycles. The normalized spacial score (nSPS) is 20.5. The molecule has 1 saturated heterocycles. The van der Waals surface area contributed by atoms with Crippen LogP contribution in [0.25, 0.3) is 5.69 Å². The van der Waals surface area contributed by atoms with E-state index in [0.717, 1.165) is 19.4 Å². The highest BCUT2D eigenvalue weighted by molar-refractivity contribution is 5.92.